The van der Waals surface area contributed by atoms with E-state index in [1.165, 1.54) is 25.7 Å². The van der Waals surface area contributed by atoms with Crippen LogP contribution in [0.3, 0.4) is 0 Å². The lowest BCUT2D eigenvalue weighted by Crippen LogP contribution is -2.26. The van der Waals surface area contributed by atoms with Crippen molar-refractivity contribution in [3.8, 4) is 12.3 Å². The van der Waals surface area contributed by atoms with Gasteiger partial charge in [0.25, 0.3) is 0 Å². The molecule has 1 heteroatoms. The maximum Gasteiger partial charge on any atom is 0.00866 e. The van der Waals surface area contributed by atoms with Gasteiger partial charge >= 0.3 is 0 Å². The second-order valence-corrected chi connectivity index (χ2v) is 3.89. The average Bonchev–Trinajstić information content (AvgIpc) is 1.98. The van der Waals surface area contributed by atoms with Crippen LogP contribution in [0.5, 0.6) is 0 Å². The van der Waals surface area contributed by atoms with Crippen LogP contribution >= 0.6 is 0 Å². The Hall–Kier alpha value is -0.480. The molecule has 0 aromatic rings. The summed E-state index contributed by atoms with van der Waals surface area (Å²) in [7, 11) is 0. The van der Waals surface area contributed by atoms with Gasteiger partial charge in [0, 0.05) is 12.5 Å². The van der Waals surface area contributed by atoms with E-state index in [1.54, 1.807) is 0 Å². The fourth-order valence-electron chi connectivity index (χ4n) is 1.74. The van der Waals surface area contributed by atoms with E-state index < -0.39 is 0 Å². The monoisotopic (exact) mass is 165 g/mol. The van der Waals surface area contributed by atoms with Gasteiger partial charge in [-0.2, -0.15) is 0 Å². The molecule has 1 fully saturated rings. The Morgan fingerprint density at radius 1 is 1.50 bits per heavy atom. The summed E-state index contributed by atoms with van der Waals surface area (Å²) in [5, 5.41) is 0. The number of hydrogen-bond donors (Lipinski definition) is 1. The van der Waals surface area contributed by atoms with Gasteiger partial charge in [0.2, 0.25) is 0 Å². The minimum absolute atomic E-state index is 0.406. The van der Waals surface area contributed by atoms with E-state index in [1.807, 2.05) is 0 Å². The summed E-state index contributed by atoms with van der Waals surface area (Å²) in [6, 6.07) is 0.406. The molecule has 0 spiro atoms. The molecule has 0 amide bonds. The van der Waals surface area contributed by atoms with Crippen LogP contribution in [0.4, 0.5) is 0 Å². The molecule has 0 saturated heterocycles. The summed E-state index contributed by atoms with van der Waals surface area (Å²) in [6.07, 6.45) is 13.7. The third kappa shape index (κ3) is 3.28. The zero-order valence-corrected chi connectivity index (χ0v) is 7.76. The normalized spacial score (nSPS) is 19.7. The lowest BCUT2D eigenvalue weighted by atomic mass is 9.80. The number of unbranched alkanes of at least 4 members (excludes halogenated alkanes) is 1. The van der Waals surface area contributed by atoms with Crippen molar-refractivity contribution in [3.05, 3.63) is 0 Å². The number of terminal acetylenes is 1. The van der Waals surface area contributed by atoms with Crippen LogP contribution in [0.15, 0.2) is 0 Å². The van der Waals surface area contributed by atoms with Crippen molar-refractivity contribution >= 4 is 0 Å². The van der Waals surface area contributed by atoms with Gasteiger partial charge in [-0.05, 0) is 25.2 Å². The SMILES string of the molecule is C#CCCCC(N)CC1CCC1. The van der Waals surface area contributed by atoms with Gasteiger partial charge in [-0.15, -0.1) is 12.3 Å². The highest BCUT2D eigenvalue weighted by atomic mass is 14.6. The number of hydrogen-bond acceptors (Lipinski definition) is 1. The van der Waals surface area contributed by atoms with Crippen molar-refractivity contribution in [2.24, 2.45) is 11.7 Å². The standard InChI is InChI=1S/C11H19N/c1-2-3-4-8-11(12)9-10-6-5-7-10/h1,10-11H,3-9,12H2. The smallest absolute Gasteiger partial charge is 0.00866 e. The van der Waals surface area contributed by atoms with Gasteiger partial charge in [-0.1, -0.05) is 19.3 Å². The fourth-order valence-corrected chi connectivity index (χ4v) is 1.74. The van der Waals surface area contributed by atoms with Crippen LogP contribution in [0.1, 0.15) is 44.9 Å². The Labute approximate surface area is 75.7 Å². The molecule has 0 radical (unpaired) electrons. The first-order chi connectivity index (χ1) is 5.83. The van der Waals surface area contributed by atoms with E-state index in [0.717, 1.165) is 25.2 Å². The molecule has 12 heavy (non-hydrogen) atoms. The van der Waals surface area contributed by atoms with Gasteiger partial charge in [0.1, 0.15) is 0 Å². The molecule has 0 aromatic heterocycles. The van der Waals surface area contributed by atoms with Gasteiger partial charge in [0.05, 0.1) is 0 Å². The third-order valence-corrected chi connectivity index (χ3v) is 2.76. The first-order valence-electron chi connectivity index (χ1n) is 5.02. The maximum atomic E-state index is 5.96. The van der Waals surface area contributed by atoms with E-state index in [4.69, 9.17) is 12.2 Å². The summed E-state index contributed by atoms with van der Waals surface area (Å²) in [5.41, 5.74) is 5.96. The molecular weight excluding hydrogens is 146 g/mol. The predicted molar refractivity (Wildman–Crippen MR) is 52.6 cm³/mol. The lowest BCUT2D eigenvalue weighted by molar-refractivity contribution is 0.271. The van der Waals surface area contributed by atoms with Crippen molar-refractivity contribution in [2.45, 2.75) is 51.0 Å². The molecular formula is C11H19N. The molecule has 1 aliphatic carbocycles. The van der Waals surface area contributed by atoms with Crippen molar-refractivity contribution < 1.29 is 0 Å². The van der Waals surface area contributed by atoms with E-state index in [0.29, 0.717) is 6.04 Å². The van der Waals surface area contributed by atoms with Gasteiger partial charge in [-0.3, -0.25) is 0 Å². The molecule has 2 N–H and O–H groups in total. The first kappa shape index (κ1) is 9.61. The highest BCUT2D eigenvalue weighted by Crippen LogP contribution is 2.30. The van der Waals surface area contributed by atoms with E-state index in [2.05, 4.69) is 5.92 Å². The quantitative estimate of drug-likeness (QED) is 0.491. The molecule has 0 aromatic carbocycles. The van der Waals surface area contributed by atoms with E-state index in [-0.39, 0.29) is 0 Å². The zero-order chi connectivity index (χ0) is 8.81. The zero-order valence-electron chi connectivity index (χ0n) is 7.76. The number of nitrogens with two attached hydrogens (primary N) is 1. The van der Waals surface area contributed by atoms with Crippen LogP contribution in [-0.2, 0) is 0 Å². The maximum absolute atomic E-state index is 5.96. The molecule has 1 rings (SSSR count). The van der Waals surface area contributed by atoms with Crippen LogP contribution in [0.2, 0.25) is 0 Å². The minimum Gasteiger partial charge on any atom is -0.328 e. The summed E-state index contributed by atoms with van der Waals surface area (Å²) in [4.78, 5) is 0. The Balaban J connectivity index is 1.96. The Morgan fingerprint density at radius 3 is 2.75 bits per heavy atom. The molecule has 0 bridgehead atoms. The minimum atomic E-state index is 0.406. The third-order valence-electron chi connectivity index (χ3n) is 2.76. The molecule has 0 heterocycles. The van der Waals surface area contributed by atoms with Crippen molar-refractivity contribution in [3.63, 3.8) is 0 Å². The molecule has 1 unspecified atom stereocenters. The lowest BCUT2D eigenvalue weighted by Gasteiger charge is -2.27. The topological polar surface area (TPSA) is 26.0 Å². The number of rotatable bonds is 5. The first-order valence-corrected chi connectivity index (χ1v) is 5.02. The Morgan fingerprint density at radius 2 is 2.25 bits per heavy atom. The average molecular weight is 165 g/mol. The summed E-state index contributed by atoms with van der Waals surface area (Å²) in [5.74, 6) is 3.58. The van der Waals surface area contributed by atoms with Crippen LogP contribution in [0.25, 0.3) is 0 Å². The van der Waals surface area contributed by atoms with Crippen molar-refractivity contribution in [2.75, 3.05) is 0 Å². The largest absolute Gasteiger partial charge is 0.328 e. The summed E-state index contributed by atoms with van der Waals surface area (Å²) < 4.78 is 0. The van der Waals surface area contributed by atoms with Gasteiger partial charge in [-0.25, -0.2) is 0 Å². The molecule has 1 nitrogen and oxygen atoms in total. The summed E-state index contributed by atoms with van der Waals surface area (Å²) in [6.45, 7) is 0. The highest BCUT2D eigenvalue weighted by Gasteiger charge is 2.19. The highest BCUT2D eigenvalue weighted by molar-refractivity contribution is 4.84. The van der Waals surface area contributed by atoms with Gasteiger partial charge in [0.15, 0.2) is 0 Å². The molecule has 68 valence electrons. The second-order valence-electron chi connectivity index (χ2n) is 3.89. The van der Waals surface area contributed by atoms with E-state index >= 15 is 0 Å². The fraction of sp³-hybridized carbons (Fsp3) is 0.818. The van der Waals surface area contributed by atoms with Crippen LogP contribution in [-0.4, -0.2) is 6.04 Å². The Bertz CT molecular complexity index is 153. The molecule has 0 aliphatic heterocycles. The van der Waals surface area contributed by atoms with Crippen molar-refractivity contribution in [1.82, 2.24) is 0 Å². The van der Waals surface area contributed by atoms with Crippen LogP contribution < -0.4 is 5.73 Å². The molecule has 1 atom stereocenters. The van der Waals surface area contributed by atoms with Crippen LogP contribution in [0, 0.1) is 18.3 Å². The predicted octanol–water partition coefficient (Wildman–Crippen LogP) is 2.31. The Kier molecular flexibility index (Phi) is 4.18. The molecule has 1 aliphatic rings. The van der Waals surface area contributed by atoms with Gasteiger partial charge < -0.3 is 5.73 Å². The van der Waals surface area contributed by atoms with E-state index in [9.17, 15) is 0 Å². The molecule has 1 saturated carbocycles. The summed E-state index contributed by atoms with van der Waals surface area (Å²) >= 11 is 0. The van der Waals surface area contributed by atoms with Crippen molar-refractivity contribution in [1.29, 1.82) is 0 Å². The second kappa shape index (κ2) is 5.22.